The first-order valence-electron chi connectivity index (χ1n) is 5.19. The standard InChI is InChI=1S/C10H17N3O/c11-9-2-1-3-10(9)14-7-6-13-5-4-12-8-13/h4-5,8-10H,1-3,6-7,11H2. The molecule has 2 rings (SSSR count). The number of hydrogen-bond acceptors (Lipinski definition) is 3. The Kier molecular flexibility index (Phi) is 3.16. The van der Waals surface area contributed by atoms with Crippen LogP contribution in [0.4, 0.5) is 0 Å². The van der Waals surface area contributed by atoms with Gasteiger partial charge < -0.3 is 15.0 Å². The van der Waals surface area contributed by atoms with Crippen LogP contribution in [0.1, 0.15) is 19.3 Å². The van der Waals surface area contributed by atoms with Gasteiger partial charge in [-0.15, -0.1) is 0 Å². The average Bonchev–Trinajstić information content (AvgIpc) is 2.78. The lowest BCUT2D eigenvalue weighted by Gasteiger charge is -2.16. The highest BCUT2D eigenvalue weighted by Crippen LogP contribution is 2.19. The highest BCUT2D eigenvalue weighted by atomic mass is 16.5. The van der Waals surface area contributed by atoms with Crippen LogP contribution < -0.4 is 5.73 Å². The van der Waals surface area contributed by atoms with Crippen molar-refractivity contribution >= 4 is 0 Å². The van der Waals surface area contributed by atoms with Gasteiger partial charge >= 0.3 is 0 Å². The maximum absolute atomic E-state index is 5.89. The van der Waals surface area contributed by atoms with Crippen LogP contribution in [0.25, 0.3) is 0 Å². The minimum atomic E-state index is 0.248. The van der Waals surface area contributed by atoms with E-state index in [1.807, 2.05) is 10.8 Å². The van der Waals surface area contributed by atoms with Crippen molar-refractivity contribution < 1.29 is 4.74 Å². The molecule has 1 aromatic rings. The summed E-state index contributed by atoms with van der Waals surface area (Å²) < 4.78 is 7.73. The number of ether oxygens (including phenoxy) is 1. The van der Waals surface area contributed by atoms with E-state index < -0.39 is 0 Å². The van der Waals surface area contributed by atoms with E-state index in [4.69, 9.17) is 10.5 Å². The molecule has 0 radical (unpaired) electrons. The molecule has 0 bridgehead atoms. The van der Waals surface area contributed by atoms with Crippen LogP contribution >= 0.6 is 0 Å². The highest BCUT2D eigenvalue weighted by molar-refractivity contribution is 4.81. The first-order chi connectivity index (χ1) is 6.86. The van der Waals surface area contributed by atoms with Gasteiger partial charge in [0.15, 0.2) is 0 Å². The van der Waals surface area contributed by atoms with Gasteiger partial charge in [0.25, 0.3) is 0 Å². The summed E-state index contributed by atoms with van der Waals surface area (Å²) in [5, 5.41) is 0. The fourth-order valence-electron chi connectivity index (χ4n) is 1.89. The second-order valence-corrected chi connectivity index (χ2v) is 3.80. The topological polar surface area (TPSA) is 53.1 Å². The summed E-state index contributed by atoms with van der Waals surface area (Å²) in [6.45, 7) is 1.60. The van der Waals surface area contributed by atoms with Gasteiger partial charge in [-0.05, 0) is 19.3 Å². The van der Waals surface area contributed by atoms with Crippen LogP contribution in [-0.2, 0) is 11.3 Å². The van der Waals surface area contributed by atoms with Gasteiger partial charge in [0.1, 0.15) is 0 Å². The van der Waals surface area contributed by atoms with Crippen molar-refractivity contribution in [3.63, 3.8) is 0 Å². The molecule has 4 nitrogen and oxygen atoms in total. The molecule has 1 aliphatic rings. The van der Waals surface area contributed by atoms with Crippen LogP contribution in [0.3, 0.4) is 0 Å². The molecule has 4 heteroatoms. The third kappa shape index (κ3) is 2.33. The zero-order chi connectivity index (χ0) is 9.80. The minimum absolute atomic E-state index is 0.248. The lowest BCUT2D eigenvalue weighted by Crippen LogP contribution is -2.32. The van der Waals surface area contributed by atoms with Gasteiger partial charge in [-0.2, -0.15) is 0 Å². The Bertz CT molecular complexity index is 260. The molecule has 1 heterocycles. The molecular formula is C10H17N3O. The van der Waals surface area contributed by atoms with Crippen molar-refractivity contribution in [1.82, 2.24) is 9.55 Å². The van der Waals surface area contributed by atoms with E-state index >= 15 is 0 Å². The number of imidazole rings is 1. The molecule has 0 amide bonds. The Morgan fingerprint density at radius 2 is 2.43 bits per heavy atom. The quantitative estimate of drug-likeness (QED) is 0.772. The zero-order valence-electron chi connectivity index (χ0n) is 8.30. The Labute approximate surface area is 84.1 Å². The Morgan fingerprint density at radius 3 is 3.07 bits per heavy atom. The van der Waals surface area contributed by atoms with E-state index in [0.717, 1.165) is 26.0 Å². The molecule has 2 atom stereocenters. The molecular weight excluding hydrogens is 178 g/mol. The first-order valence-corrected chi connectivity index (χ1v) is 5.19. The summed E-state index contributed by atoms with van der Waals surface area (Å²) in [6, 6.07) is 0.248. The van der Waals surface area contributed by atoms with E-state index in [1.54, 1.807) is 12.5 Å². The first kappa shape index (κ1) is 9.68. The predicted octanol–water partition coefficient (Wildman–Crippen LogP) is 0.779. The fourth-order valence-corrected chi connectivity index (χ4v) is 1.89. The second-order valence-electron chi connectivity index (χ2n) is 3.80. The van der Waals surface area contributed by atoms with E-state index in [-0.39, 0.29) is 12.1 Å². The Balaban J connectivity index is 1.68. The molecule has 1 fully saturated rings. The maximum Gasteiger partial charge on any atom is 0.0946 e. The summed E-state index contributed by atoms with van der Waals surface area (Å²) in [6.07, 6.45) is 9.23. The van der Waals surface area contributed by atoms with Gasteiger partial charge in [-0.1, -0.05) is 0 Å². The van der Waals surface area contributed by atoms with Crippen molar-refractivity contribution in [1.29, 1.82) is 0 Å². The molecule has 1 aliphatic carbocycles. The Morgan fingerprint density at radius 1 is 1.50 bits per heavy atom. The van der Waals surface area contributed by atoms with Gasteiger partial charge in [0.2, 0.25) is 0 Å². The summed E-state index contributed by atoms with van der Waals surface area (Å²) in [5.41, 5.74) is 5.89. The van der Waals surface area contributed by atoms with Crippen LogP contribution in [0.5, 0.6) is 0 Å². The second kappa shape index (κ2) is 4.57. The Hall–Kier alpha value is -0.870. The SMILES string of the molecule is NC1CCCC1OCCn1ccnc1. The summed E-state index contributed by atoms with van der Waals surface area (Å²) in [4.78, 5) is 3.97. The lowest BCUT2D eigenvalue weighted by molar-refractivity contribution is 0.0430. The van der Waals surface area contributed by atoms with Gasteiger partial charge in [0, 0.05) is 25.0 Å². The molecule has 0 saturated heterocycles. The summed E-state index contributed by atoms with van der Waals surface area (Å²) in [5.74, 6) is 0. The molecule has 14 heavy (non-hydrogen) atoms. The van der Waals surface area contributed by atoms with Crippen molar-refractivity contribution in [2.45, 2.75) is 38.0 Å². The number of nitrogens with zero attached hydrogens (tertiary/aromatic N) is 2. The molecule has 0 spiro atoms. The van der Waals surface area contributed by atoms with Crippen LogP contribution in [0, 0.1) is 0 Å². The highest BCUT2D eigenvalue weighted by Gasteiger charge is 2.23. The molecule has 2 unspecified atom stereocenters. The molecule has 0 aliphatic heterocycles. The smallest absolute Gasteiger partial charge is 0.0946 e. The summed E-state index contributed by atoms with van der Waals surface area (Å²) in [7, 11) is 0. The number of nitrogens with two attached hydrogens (primary N) is 1. The molecule has 78 valence electrons. The van der Waals surface area contributed by atoms with Crippen LogP contribution in [0.2, 0.25) is 0 Å². The molecule has 1 saturated carbocycles. The van der Waals surface area contributed by atoms with E-state index in [0.29, 0.717) is 0 Å². The van der Waals surface area contributed by atoms with Crippen molar-refractivity contribution in [2.75, 3.05) is 6.61 Å². The third-order valence-corrected chi connectivity index (χ3v) is 2.74. The third-order valence-electron chi connectivity index (χ3n) is 2.74. The molecule has 1 aromatic heterocycles. The zero-order valence-corrected chi connectivity index (χ0v) is 8.30. The van der Waals surface area contributed by atoms with E-state index in [1.165, 1.54) is 6.42 Å². The maximum atomic E-state index is 5.89. The number of aromatic nitrogens is 2. The molecule has 2 N–H and O–H groups in total. The van der Waals surface area contributed by atoms with Crippen LogP contribution in [0.15, 0.2) is 18.7 Å². The van der Waals surface area contributed by atoms with E-state index in [2.05, 4.69) is 4.98 Å². The van der Waals surface area contributed by atoms with Gasteiger partial charge in [-0.25, -0.2) is 4.98 Å². The largest absolute Gasteiger partial charge is 0.375 e. The number of rotatable bonds is 4. The van der Waals surface area contributed by atoms with Crippen molar-refractivity contribution in [3.8, 4) is 0 Å². The number of hydrogen-bond donors (Lipinski definition) is 1. The van der Waals surface area contributed by atoms with Crippen molar-refractivity contribution in [3.05, 3.63) is 18.7 Å². The monoisotopic (exact) mass is 195 g/mol. The van der Waals surface area contributed by atoms with Gasteiger partial charge in [0.05, 0.1) is 19.0 Å². The van der Waals surface area contributed by atoms with Crippen molar-refractivity contribution in [2.24, 2.45) is 5.73 Å². The molecule has 0 aromatic carbocycles. The summed E-state index contributed by atoms with van der Waals surface area (Å²) >= 11 is 0. The predicted molar refractivity (Wildman–Crippen MR) is 53.8 cm³/mol. The average molecular weight is 195 g/mol. The minimum Gasteiger partial charge on any atom is -0.375 e. The normalized spacial score (nSPS) is 26.9. The van der Waals surface area contributed by atoms with Crippen LogP contribution in [-0.4, -0.2) is 28.3 Å². The van der Waals surface area contributed by atoms with E-state index in [9.17, 15) is 0 Å². The lowest BCUT2D eigenvalue weighted by atomic mass is 10.2. The fraction of sp³-hybridized carbons (Fsp3) is 0.700. The van der Waals surface area contributed by atoms with Gasteiger partial charge in [-0.3, -0.25) is 0 Å².